The van der Waals surface area contributed by atoms with E-state index >= 15 is 0 Å². The second-order valence-corrected chi connectivity index (χ2v) is 6.87. The molecular weight excluding hydrogens is 320 g/mol. The van der Waals surface area contributed by atoms with Crippen LogP contribution in [-0.2, 0) is 17.8 Å². The number of fused-ring (bicyclic) bond motifs is 2. The molecule has 24 heavy (non-hydrogen) atoms. The molecule has 1 aliphatic heterocycles. The molecule has 1 aromatic carbocycles. The molecule has 0 fully saturated rings. The quantitative estimate of drug-likeness (QED) is 0.797. The Morgan fingerprint density at radius 2 is 2.12 bits per heavy atom. The van der Waals surface area contributed by atoms with Crippen LogP contribution in [0.1, 0.15) is 16.7 Å². The molecule has 6 heteroatoms. The van der Waals surface area contributed by atoms with E-state index < -0.39 is 0 Å². The molecule has 0 bridgehead atoms. The number of nitrogens with one attached hydrogen (secondary N) is 1. The average Bonchev–Trinajstić information content (AvgIpc) is 3.01. The van der Waals surface area contributed by atoms with Crippen LogP contribution >= 0.6 is 11.3 Å². The highest BCUT2D eigenvalue weighted by Crippen LogP contribution is 2.28. The molecular formula is C18H18N4OS. The van der Waals surface area contributed by atoms with Crippen LogP contribution in [0.3, 0.4) is 0 Å². The van der Waals surface area contributed by atoms with Crippen LogP contribution in [0.2, 0.25) is 0 Å². The van der Waals surface area contributed by atoms with Crippen molar-refractivity contribution >= 4 is 33.3 Å². The monoisotopic (exact) mass is 338 g/mol. The number of carbonyl (C=O) groups excluding carboxylic acids is 1. The molecule has 1 N–H and O–H groups in total. The van der Waals surface area contributed by atoms with Crippen LogP contribution in [-0.4, -0.2) is 33.9 Å². The highest BCUT2D eigenvalue weighted by molar-refractivity contribution is 7.17. The first-order chi connectivity index (χ1) is 11.7. The third kappa shape index (κ3) is 2.73. The van der Waals surface area contributed by atoms with Crippen LogP contribution < -0.4 is 5.32 Å². The number of hydrogen-bond donors (Lipinski definition) is 1. The van der Waals surface area contributed by atoms with Crippen LogP contribution in [0.25, 0.3) is 10.2 Å². The van der Waals surface area contributed by atoms with Gasteiger partial charge in [-0.15, -0.1) is 11.3 Å². The average molecular weight is 338 g/mol. The van der Waals surface area contributed by atoms with Gasteiger partial charge in [0.25, 0.3) is 0 Å². The molecule has 1 aliphatic rings. The Morgan fingerprint density at radius 3 is 3.00 bits per heavy atom. The summed E-state index contributed by atoms with van der Waals surface area (Å²) in [4.78, 5) is 24.0. The first-order valence-electron chi connectivity index (χ1n) is 7.99. The molecule has 122 valence electrons. The second kappa shape index (κ2) is 6.20. The molecule has 0 saturated heterocycles. The number of carbonyl (C=O) groups is 1. The summed E-state index contributed by atoms with van der Waals surface area (Å²) in [7, 11) is 0. The van der Waals surface area contributed by atoms with Gasteiger partial charge in [-0.2, -0.15) is 0 Å². The lowest BCUT2D eigenvalue weighted by molar-refractivity contribution is -0.130. The zero-order valence-corrected chi connectivity index (χ0v) is 14.3. The van der Waals surface area contributed by atoms with Crippen molar-refractivity contribution in [2.75, 3.05) is 18.4 Å². The summed E-state index contributed by atoms with van der Waals surface area (Å²) in [6.45, 7) is 3.75. The van der Waals surface area contributed by atoms with Crippen LogP contribution in [0.5, 0.6) is 0 Å². The van der Waals surface area contributed by atoms with E-state index in [1.807, 2.05) is 17.9 Å². The minimum Gasteiger partial charge on any atom is -0.360 e. The van der Waals surface area contributed by atoms with E-state index in [0.717, 1.165) is 34.6 Å². The normalized spacial score (nSPS) is 13.8. The van der Waals surface area contributed by atoms with Crippen molar-refractivity contribution in [1.29, 1.82) is 0 Å². The molecule has 0 aliphatic carbocycles. The fraction of sp³-hybridized carbons (Fsp3) is 0.278. The summed E-state index contributed by atoms with van der Waals surface area (Å²) in [5, 5.41) is 6.28. The van der Waals surface area contributed by atoms with E-state index in [1.165, 1.54) is 11.1 Å². The van der Waals surface area contributed by atoms with Crippen molar-refractivity contribution < 1.29 is 4.79 Å². The van der Waals surface area contributed by atoms with E-state index in [2.05, 4.69) is 38.9 Å². The lowest BCUT2D eigenvalue weighted by Crippen LogP contribution is -2.39. The minimum atomic E-state index is 0.101. The van der Waals surface area contributed by atoms with Crippen molar-refractivity contribution in [1.82, 2.24) is 14.9 Å². The number of hydrogen-bond acceptors (Lipinski definition) is 5. The maximum atomic E-state index is 12.6. The summed E-state index contributed by atoms with van der Waals surface area (Å²) < 4.78 is 0. The number of thiophene rings is 1. The molecule has 2 aromatic heterocycles. The van der Waals surface area contributed by atoms with Gasteiger partial charge in [-0.3, -0.25) is 4.79 Å². The molecule has 0 spiro atoms. The molecule has 0 radical (unpaired) electrons. The van der Waals surface area contributed by atoms with Gasteiger partial charge >= 0.3 is 0 Å². The number of aryl methyl sites for hydroxylation is 1. The largest absolute Gasteiger partial charge is 0.360 e. The highest BCUT2D eigenvalue weighted by Gasteiger charge is 2.20. The summed E-state index contributed by atoms with van der Waals surface area (Å²) in [6, 6.07) is 8.33. The summed E-state index contributed by atoms with van der Waals surface area (Å²) >= 11 is 1.60. The van der Waals surface area contributed by atoms with Crippen LogP contribution in [0.15, 0.2) is 36.0 Å². The number of benzene rings is 1. The van der Waals surface area contributed by atoms with Gasteiger partial charge in [0.1, 0.15) is 17.0 Å². The van der Waals surface area contributed by atoms with Gasteiger partial charge in [0.15, 0.2) is 0 Å². The second-order valence-electron chi connectivity index (χ2n) is 6.01. The lowest BCUT2D eigenvalue weighted by Gasteiger charge is -2.29. The van der Waals surface area contributed by atoms with Crippen molar-refractivity contribution in [3.63, 3.8) is 0 Å². The van der Waals surface area contributed by atoms with Gasteiger partial charge in [-0.1, -0.05) is 24.3 Å². The molecule has 4 rings (SSSR count). The topological polar surface area (TPSA) is 58.1 Å². The Hall–Kier alpha value is -2.47. The fourth-order valence-corrected chi connectivity index (χ4v) is 4.02. The first kappa shape index (κ1) is 15.1. The predicted molar refractivity (Wildman–Crippen MR) is 96.2 cm³/mol. The van der Waals surface area contributed by atoms with Crippen molar-refractivity contribution in [3.8, 4) is 0 Å². The fourth-order valence-electron chi connectivity index (χ4n) is 3.13. The van der Waals surface area contributed by atoms with Crippen molar-refractivity contribution in [2.45, 2.75) is 19.9 Å². The van der Waals surface area contributed by atoms with Gasteiger partial charge in [-0.05, 0) is 35.4 Å². The third-order valence-electron chi connectivity index (χ3n) is 4.44. The number of anilines is 1. The summed E-state index contributed by atoms with van der Waals surface area (Å²) in [5.74, 6) is 0.841. The van der Waals surface area contributed by atoms with Gasteiger partial charge in [0.2, 0.25) is 5.91 Å². The predicted octanol–water partition coefficient (Wildman–Crippen LogP) is 3.00. The van der Waals surface area contributed by atoms with Gasteiger partial charge in [0, 0.05) is 13.1 Å². The Kier molecular flexibility index (Phi) is 3.90. The van der Waals surface area contributed by atoms with Crippen LogP contribution in [0.4, 0.5) is 5.82 Å². The maximum Gasteiger partial charge on any atom is 0.242 e. The van der Waals surface area contributed by atoms with Gasteiger partial charge in [-0.25, -0.2) is 9.97 Å². The molecule has 0 unspecified atom stereocenters. The zero-order chi connectivity index (χ0) is 16.5. The number of aromatic nitrogens is 2. The Labute approximate surface area is 144 Å². The minimum absolute atomic E-state index is 0.101. The first-order valence-corrected chi connectivity index (χ1v) is 8.87. The molecule has 5 nitrogen and oxygen atoms in total. The molecule has 0 atom stereocenters. The maximum absolute atomic E-state index is 12.6. The Morgan fingerprint density at radius 1 is 1.29 bits per heavy atom. The van der Waals surface area contributed by atoms with Gasteiger partial charge < -0.3 is 10.2 Å². The van der Waals surface area contributed by atoms with E-state index in [1.54, 1.807) is 17.7 Å². The standard InChI is InChI=1S/C18H18N4OS/c1-12-10-24-18-16(12)17(20-11-21-18)19-8-15(23)22-7-6-13-4-2-3-5-14(13)9-22/h2-5,10-11H,6-9H2,1H3,(H,19,20,21). The summed E-state index contributed by atoms with van der Waals surface area (Å²) in [5.41, 5.74) is 3.73. The van der Waals surface area contributed by atoms with E-state index in [9.17, 15) is 4.79 Å². The Balaban J connectivity index is 1.46. The molecule has 0 saturated carbocycles. The lowest BCUT2D eigenvalue weighted by atomic mass is 10.00. The van der Waals surface area contributed by atoms with Crippen molar-refractivity contribution in [2.24, 2.45) is 0 Å². The number of rotatable bonds is 3. The highest BCUT2D eigenvalue weighted by atomic mass is 32.1. The molecule has 3 heterocycles. The Bertz CT molecular complexity index is 905. The van der Waals surface area contributed by atoms with E-state index in [-0.39, 0.29) is 12.5 Å². The van der Waals surface area contributed by atoms with E-state index in [4.69, 9.17) is 0 Å². The third-order valence-corrected chi connectivity index (χ3v) is 5.45. The number of amides is 1. The molecule has 1 amide bonds. The molecule has 3 aromatic rings. The smallest absolute Gasteiger partial charge is 0.242 e. The van der Waals surface area contributed by atoms with Crippen LogP contribution in [0, 0.1) is 6.92 Å². The van der Waals surface area contributed by atoms with Gasteiger partial charge in [0.05, 0.1) is 11.9 Å². The van der Waals surface area contributed by atoms with Crippen molar-refractivity contribution in [3.05, 3.63) is 52.7 Å². The zero-order valence-electron chi connectivity index (χ0n) is 13.5. The summed E-state index contributed by atoms with van der Waals surface area (Å²) in [6.07, 6.45) is 2.46. The SMILES string of the molecule is Cc1csc2ncnc(NCC(=O)N3CCc4ccccc4C3)c12. The number of nitrogens with zero attached hydrogens (tertiary/aromatic N) is 3. The van der Waals surface area contributed by atoms with E-state index in [0.29, 0.717) is 6.54 Å².